The van der Waals surface area contributed by atoms with E-state index in [1.165, 1.54) is 22.5 Å². The van der Waals surface area contributed by atoms with E-state index in [1.807, 2.05) is 24.3 Å². The van der Waals surface area contributed by atoms with Crippen molar-refractivity contribution >= 4 is 37.5 Å². The summed E-state index contributed by atoms with van der Waals surface area (Å²) in [5.74, 6) is 0.181. The molecule has 0 saturated heterocycles. The van der Waals surface area contributed by atoms with Gasteiger partial charge in [0.25, 0.3) is 0 Å². The number of anilines is 1. The van der Waals surface area contributed by atoms with Gasteiger partial charge in [-0.3, -0.25) is 4.79 Å². The lowest BCUT2D eigenvalue weighted by atomic mass is 10.2. The highest BCUT2D eigenvalue weighted by Gasteiger charge is 2.23. The molecular weight excluding hydrogens is 460 g/mol. The molecule has 29 heavy (non-hydrogen) atoms. The monoisotopic (exact) mass is 484 g/mol. The summed E-state index contributed by atoms with van der Waals surface area (Å²) in [6.07, 6.45) is 0.642. The maximum absolute atomic E-state index is 12.6. The summed E-state index contributed by atoms with van der Waals surface area (Å²) in [6, 6.07) is 11.2. The van der Waals surface area contributed by atoms with Crippen molar-refractivity contribution < 1.29 is 23.1 Å². The Kier molecular flexibility index (Phi) is 8.48. The van der Waals surface area contributed by atoms with Gasteiger partial charge in [0.2, 0.25) is 15.9 Å². The molecule has 0 aliphatic heterocycles. The van der Waals surface area contributed by atoms with E-state index in [0.29, 0.717) is 31.9 Å². The molecule has 0 aliphatic rings. The van der Waals surface area contributed by atoms with Crippen LogP contribution >= 0.6 is 15.9 Å². The molecule has 2 aromatic rings. The van der Waals surface area contributed by atoms with Gasteiger partial charge in [-0.1, -0.05) is 29.8 Å². The zero-order chi connectivity index (χ0) is 21.4. The molecule has 2 aromatic carbocycles. The summed E-state index contributed by atoms with van der Waals surface area (Å²) in [7, 11) is -3.68. The second-order valence-electron chi connectivity index (χ2n) is 6.22. The number of rotatable bonds is 10. The van der Waals surface area contributed by atoms with E-state index >= 15 is 0 Å². The third-order valence-corrected chi connectivity index (χ3v) is 6.79. The number of nitrogens with zero attached hydrogens (tertiary/aromatic N) is 1. The summed E-state index contributed by atoms with van der Waals surface area (Å²) in [6.45, 7) is 4.53. The fraction of sp³-hybridized carbons (Fsp3) is 0.350. The highest BCUT2D eigenvalue weighted by atomic mass is 79.9. The Morgan fingerprint density at radius 1 is 1.14 bits per heavy atom. The van der Waals surface area contributed by atoms with Gasteiger partial charge in [-0.25, -0.2) is 8.42 Å². The number of sulfonamides is 1. The van der Waals surface area contributed by atoms with Crippen LogP contribution in [0.25, 0.3) is 0 Å². The lowest BCUT2D eigenvalue weighted by Gasteiger charge is -2.19. The number of nitrogens with one attached hydrogen (secondary N) is 1. The minimum Gasteiger partial charge on any atom is -0.506 e. The predicted octanol–water partition coefficient (Wildman–Crippen LogP) is 3.98. The Morgan fingerprint density at radius 2 is 1.79 bits per heavy atom. The molecule has 0 atom stereocenters. The van der Waals surface area contributed by atoms with Gasteiger partial charge in [0, 0.05) is 24.0 Å². The largest absolute Gasteiger partial charge is 0.506 e. The van der Waals surface area contributed by atoms with Crippen molar-refractivity contribution in [2.45, 2.75) is 31.6 Å². The smallest absolute Gasteiger partial charge is 0.243 e. The van der Waals surface area contributed by atoms with Gasteiger partial charge in [-0.2, -0.15) is 4.31 Å². The van der Waals surface area contributed by atoms with Crippen molar-refractivity contribution in [2.75, 3.05) is 25.0 Å². The fourth-order valence-corrected chi connectivity index (χ4v) is 4.40. The first-order valence-electron chi connectivity index (χ1n) is 9.29. The van der Waals surface area contributed by atoms with Crippen LogP contribution in [0, 0.1) is 0 Å². The number of halogens is 1. The Balaban J connectivity index is 1.95. The van der Waals surface area contributed by atoms with Gasteiger partial charge >= 0.3 is 0 Å². The number of phenols is 1. The molecule has 2 rings (SSSR count). The Labute approximate surface area is 179 Å². The van der Waals surface area contributed by atoms with Crippen molar-refractivity contribution in [3.63, 3.8) is 0 Å². The first-order valence-corrected chi connectivity index (χ1v) is 11.5. The molecule has 9 heteroatoms. The van der Waals surface area contributed by atoms with Gasteiger partial charge in [0.05, 0.1) is 17.2 Å². The predicted molar refractivity (Wildman–Crippen MR) is 116 cm³/mol. The van der Waals surface area contributed by atoms with E-state index in [1.54, 1.807) is 13.8 Å². The second-order valence-corrected chi connectivity index (χ2v) is 9.08. The SMILES string of the molecule is CCN(CC)S(=O)(=O)c1ccc(O)c(NC(=O)CCCOc2ccc(Br)cc2)c1. The van der Waals surface area contributed by atoms with Gasteiger partial charge in [-0.05, 0) is 48.9 Å². The number of phenolic OH excluding ortho intramolecular Hbond substituents is 1. The van der Waals surface area contributed by atoms with Crippen LogP contribution in [-0.4, -0.2) is 43.4 Å². The average molecular weight is 485 g/mol. The molecule has 0 saturated carbocycles. The van der Waals surface area contributed by atoms with Crippen molar-refractivity contribution in [1.29, 1.82) is 0 Å². The van der Waals surface area contributed by atoms with Gasteiger partial charge in [0.1, 0.15) is 11.5 Å². The van der Waals surface area contributed by atoms with Crippen molar-refractivity contribution in [3.05, 3.63) is 46.9 Å². The number of hydrogen-bond donors (Lipinski definition) is 2. The fourth-order valence-electron chi connectivity index (χ4n) is 2.65. The minimum atomic E-state index is -3.68. The molecule has 0 radical (unpaired) electrons. The molecule has 0 spiro atoms. The molecular formula is C20H25BrN2O5S. The minimum absolute atomic E-state index is 0.0212. The third kappa shape index (κ3) is 6.45. The van der Waals surface area contributed by atoms with Crippen molar-refractivity contribution in [3.8, 4) is 11.5 Å². The number of aromatic hydroxyl groups is 1. The van der Waals surface area contributed by atoms with Crippen LogP contribution in [0.4, 0.5) is 5.69 Å². The zero-order valence-corrected chi connectivity index (χ0v) is 18.8. The molecule has 1 amide bonds. The standard InChI is InChI=1S/C20H25BrN2O5S/c1-3-23(4-2)29(26,27)17-11-12-19(24)18(14-17)22-20(25)6-5-13-28-16-9-7-15(21)8-10-16/h7-12,14,24H,3-6,13H2,1-2H3,(H,22,25). The Bertz CT molecular complexity index is 928. The van der Waals surface area contributed by atoms with Crippen LogP contribution in [0.1, 0.15) is 26.7 Å². The van der Waals surface area contributed by atoms with E-state index in [9.17, 15) is 18.3 Å². The van der Waals surface area contributed by atoms with E-state index in [0.717, 1.165) is 4.47 Å². The molecule has 0 aromatic heterocycles. The molecule has 0 bridgehead atoms. The Morgan fingerprint density at radius 3 is 2.41 bits per heavy atom. The quantitative estimate of drug-likeness (QED) is 0.392. The lowest BCUT2D eigenvalue weighted by molar-refractivity contribution is -0.116. The zero-order valence-electron chi connectivity index (χ0n) is 16.4. The lowest BCUT2D eigenvalue weighted by Crippen LogP contribution is -2.30. The molecule has 0 fully saturated rings. The van der Waals surface area contributed by atoms with Crippen LogP contribution in [0.5, 0.6) is 11.5 Å². The van der Waals surface area contributed by atoms with E-state index in [-0.39, 0.29) is 28.7 Å². The maximum atomic E-state index is 12.6. The number of ether oxygens (including phenoxy) is 1. The van der Waals surface area contributed by atoms with E-state index in [4.69, 9.17) is 4.74 Å². The van der Waals surface area contributed by atoms with Crippen LogP contribution in [0.3, 0.4) is 0 Å². The maximum Gasteiger partial charge on any atom is 0.243 e. The van der Waals surface area contributed by atoms with Crippen molar-refractivity contribution in [1.82, 2.24) is 4.31 Å². The molecule has 0 heterocycles. The summed E-state index contributed by atoms with van der Waals surface area (Å²) in [4.78, 5) is 12.2. The van der Waals surface area contributed by atoms with Gasteiger partial charge < -0.3 is 15.2 Å². The normalized spacial score (nSPS) is 11.4. The first-order chi connectivity index (χ1) is 13.8. The summed E-state index contributed by atoms with van der Waals surface area (Å²) in [5, 5.41) is 12.6. The van der Waals surface area contributed by atoms with Crippen LogP contribution in [0.15, 0.2) is 51.8 Å². The second kappa shape index (κ2) is 10.6. The third-order valence-electron chi connectivity index (χ3n) is 4.22. The Hall–Kier alpha value is -2.10. The molecule has 0 unspecified atom stereocenters. The number of benzene rings is 2. The highest BCUT2D eigenvalue weighted by molar-refractivity contribution is 9.10. The average Bonchev–Trinajstić information content (AvgIpc) is 2.69. The van der Waals surface area contributed by atoms with Crippen LogP contribution in [-0.2, 0) is 14.8 Å². The highest BCUT2D eigenvalue weighted by Crippen LogP contribution is 2.28. The first kappa shape index (κ1) is 23.2. The number of carbonyl (C=O) groups excluding carboxylic acids is 1. The number of hydrogen-bond acceptors (Lipinski definition) is 5. The van der Waals surface area contributed by atoms with Gasteiger partial charge in [0.15, 0.2) is 0 Å². The molecule has 0 aliphatic carbocycles. The van der Waals surface area contributed by atoms with Crippen LogP contribution in [0.2, 0.25) is 0 Å². The summed E-state index contributed by atoms with van der Waals surface area (Å²) >= 11 is 3.35. The summed E-state index contributed by atoms with van der Waals surface area (Å²) < 4.78 is 33.1. The molecule has 2 N–H and O–H groups in total. The van der Waals surface area contributed by atoms with E-state index < -0.39 is 10.0 Å². The summed E-state index contributed by atoms with van der Waals surface area (Å²) in [5.41, 5.74) is 0.0667. The van der Waals surface area contributed by atoms with Gasteiger partial charge in [-0.15, -0.1) is 0 Å². The molecule has 158 valence electrons. The topological polar surface area (TPSA) is 95.9 Å². The number of carbonyl (C=O) groups is 1. The number of amides is 1. The van der Waals surface area contributed by atoms with Crippen LogP contribution < -0.4 is 10.1 Å². The van der Waals surface area contributed by atoms with Crippen molar-refractivity contribution in [2.24, 2.45) is 0 Å². The van der Waals surface area contributed by atoms with E-state index in [2.05, 4.69) is 21.2 Å². The molecule has 7 nitrogen and oxygen atoms in total.